The predicted molar refractivity (Wildman–Crippen MR) is 115 cm³/mol. The van der Waals surface area contributed by atoms with E-state index in [9.17, 15) is 9.59 Å². The number of carbonyl (C=O) groups is 2. The zero-order chi connectivity index (χ0) is 20.4. The highest BCUT2D eigenvalue weighted by molar-refractivity contribution is 7.19. The second-order valence-electron chi connectivity index (χ2n) is 7.53. The minimum atomic E-state index is -0.136. The van der Waals surface area contributed by atoms with Gasteiger partial charge in [0.1, 0.15) is 5.69 Å². The summed E-state index contributed by atoms with van der Waals surface area (Å²) >= 11 is 1.72. The first-order chi connectivity index (χ1) is 14.1. The maximum absolute atomic E-state index is 13.4. The molecule has 0 unspecified atom stereocenters. The lowest BCUT2D eigenvalue weighted by Gasteiger charge is -2.31. The number of thiophene rings is 1. The quantitative estimate of drug-likeness (QED) is 0.583. The summed E-state index contributed by atoms with van der Waals surface area (Å²) < 4.78 is 8.42. The number of nitrogens with zero attached hydrogens (tertiary/aromatic N) is 2. The van der Waals surface area contributed by atoms with Crippen LogP contribution in [-0.4, -0.2) is 41.0 Å². The number of aromatic nitrogens is 1. The normalized spacial score (nSPS) is 15.0. The van der Waals surface area contributed by atoms with Gasteiger partial charge in [-0.25, -0.2) is 0 Å². The molecule has 0 spiro atoms. The predicted octanol–water partition coefficient (Wildman–Crippen LogP) is 4.47. The van der Waals surface area contributed by atoms with Crippen LogP contribution in [0.1, 0.15) is 40.7 Å². The van der Waals surface area contributed by atoms with E-state index in [1.165, 1.54) is 10.4 Å². The molecule has 0 radical (unpaired) electrons. The molecule has 1 aromatic carbocycles. The summed E-state index contributed by atoms with van der Waals surface area (Å²) in [5.41, 5.74) is 3.01. The van der Waals surface area contributed by atoms with Crippen LogP contribution in [0.5, 0.6) is 0 Å². The Morgan fingerprint density at radius 1 is 1.14 bits per heavy atom. The summed E-state index contributed by atoms with van der Waals surface area (Å²) in [6, 6.07) is 14.4. The monoisotopic (exact) mass is 410 g/mol. The van der Waals surface area contributed by atoms with E-state index < -0.39 is 0 Å². The van der Waals surface area contributed by atoms with Gasteiger partial charge in [0.2, 0.25) is 0 Å². The number of piperidine rings is 1. The number of esters is 1. The van der Waals surface area contributed by atoms with E-state index >= 15 is 0 Å². The number of aryl methyl sites for hydroxylation is 1. The number of benzene rings is 1. The Kier molecular flexibility index (Phi) is 5.72. The fourth-order valence-electron chi connectivity index (χ4n) is 4.02. The third-order valence-electron chi connectivity index (χ3n) is 5.52. The topological polar surface area (TPSA) is 51.5 Å². The van der Waals surface area contributed by atoms with E-state index in [4.69, 9.17) is 4.74 Å². The first kappa shape index (κ1) is 19.7. The summed E-state index contributed by atoms with van der Waals surface area (Å²) in [7, 11) is 0. The molecule has 0 N–H and O–H groups in total. The van der Waals surface area contributed by atoms with Crippen molar-refractivity contribution < 1.29 is 14.3 Å². The van der Waals surface area contributed by atoms with Gasteiger partial charge < -0.3 is 14.2 Å². The molecule has 3 aromatic rings. The molecule has 3 heterocycles. The molecular weight excluding hydrogens is 384 g/mol. The van der Waals surface area contributed by atoms with Crippen molar-refractivity contribution in [3.63, 3.8) is 0 Å². The van der Waals surface area contributed by atoms with Crippen molar-refractivity contribution in [3.05, 3.63) is 58.6 Å². The molecule has 0 bridgehead atoms. The SMILES string of the molecule is CCOC(=O)C1CCN(C(=O)c2cc3sc(C)cc3n2Cc2ccccc2)CC1. The standard InChI is InChI=1S/C23H26N2O3S/c1-3-28-23(27)18-9-11-24(12-10-18)22(26)20-14-21-19(13-16(2)29-21)25(20)15-17-7-5-4-6-8-17/h4-8,13-14,18H,3,9-12,15H2,1-2H3. The van der Waals surface area contributed by atoms with E-state index in [1.54, 1.807) is 11.3 Å². The zero-order valence-corrected chi connectivity index (χ0v) is 17.7. The number of amides is 1. The molecule has 0 saturated carbocycles. The summed E-state index contributed by atoms with van der Waals surface area (Å²) in [6.07, 6.45) is 1.33. The highest BCUT2D eigenvalue weighted by Gasteiger charge is 2.30. The van der Waals surface area contributed by atoms with Crippen molar-refractivity contribution in [2.75, 3.05) is 19.7 Å². The number of fused-ring (bicyclic) bond motifs is 1. The third-order valence-corrected chi connectivity index (χ3v) is 6.50. The number of ether oxygens (including phenoxy) is 1. The third kappa shape index (κ3) is 4.08. The van der Waals surface area contributed by atoms with Gasteiger partial charge in [-0.2, -0.15) is 0 Å². The maximum atomic E-state index is 13.4. The van der Waals surface area contributed by atoms with Gasteiger partial charge in [-0.15, -0.1) is 11.3 Å². The first-order valence-electron chi connectivity index (χ1n) is 10.2. The van der Waals surface area contributed by atoms with Crippen LogP contribution >= 0.6 is 11.3 Å². The molecule has 0 aliphatic carbocycles. The van der Waals surface area contributed by atoms with Crippen molar-refractivity contribution >= 4 is 33.4 Å². The van der Waals surface area contributed by atoms with Crippen LogP contribution in [0.3, 0.4) is 0 Å². The van der Waals surface area contributed by atoms with E-state index in [-0.39, 0.29) is 17.8 Å². The Balaban J connectivity index is 1.57. The van der Waals surface area contributed by atoms with Crippen molar-refractivity contribution in [3.8, 4) is 0 Å². The van der Waals surface area contributed by atoms with Gasteiger partial charge in [-0.1, -0.05) is 30.3 Å². The second kappa shape index (κ2) is 8.41. The Hall–Kier alpha value is -2.60. The number of rotatable bonds is 5. The molecule has 1 saturated heterocycles. The van der Waals surface area contributed by atoms with Crippen LogP contribution < -0.4 is 0 Å². The van der Waals surface area contributed by atoms with Crippen LogP contribution in [0.2, 0.25) is 0 Å². The number of likely N-dealkylation sites (tertiary alicyclic amines) is 1. The summed E-state index contributed by atoms with van der Waals surface area (Å²) in [5.74, 6) is -0.186. The van der Waals surface area contributed by atoms with Crippen LogP contribution in [0.15, 0.2) is 42.5 Å². The van der Waals surface area contributed by atoms with Gasteiger partial charge in [0.25, 0.3) is 5.91 Å². The van der Waals surface area contributed by atoms with E-state index in [0.717, 1.165) is 15.9 Å². The minimum Gasteiger partial charge on any atom is -0.466 e. The lowest BCUT2D eigenvalue weighted by Crippen LogP contribution is -2.41. The van der Waals surface area contributed by atoms with Gasteiger partial charge in [-0.05, 0) is 44.4 Å². The van der Waals surface area contributed by atoms with Crippen LogP contribution in [0.25, 0.3) is 10.2 Å². The van der Waals surface area contributed by atoms with Crippen LogP contribution in [0, 0.1) is 12.8 Å². The van der Waals surface area contributed by atoms with Crippen LogP contribution in [0.4, 0.5) is 0 Å². The fourth-order valence-corrected chi connectivity index (χ4v) is 4.98. The van der Waals surface area contributed by atoms with Gasteiger partial charge in [0.05, 0.1) is 22.7 Å². The van der Waals surface area contributed by atoms with Crippen molar-refractivity contribution in [2.45, 2.75) is 33.2 Å². The Bertz CT molecular complexity index is 1010. The highest BCUT2D eigenvalue weighted by Crippen LogP contribution is 2.31. The molecule has 152 valence electrons. The zero-order valence-electron chi connectivity index (χ0n) is 16.9. The fraction of sp³-hybridized carbons (Fsp3) is 0.391. The van der Waals surface area contributed by atoms with E-state index in [0.29, 0.717) is 39.1 Å². The summed E-state index contributed by atoms with van der Waals surface area (Å²) in [6.45, 7) is 6.17. The molecule has 2 aromatic heterocycles. The molecule has 0 atom stereocenters. The second-order valence-corrected chi connectivity index (χ2v) is 8.81. The molecule has 1 amide bonds. The largest absolute Gasteiger partial charge is 0.466 e. The molecule has 4 rings (SSSR count). The van der Waals surface area contributed by atoms with E-state index in [2.05, 4.69) is 29.7 Å². The molecule has 5 nitrogen and oxygen atoms in total. The van der Waals surface area contributed by atoms with Crippen molar-refractivity contribution in [1.82, 2.24) is 9.47 Å². The van der Waals surface area contributed by atoms with Crippen molar-refractivity contribution in [2.24, 2.45) is 5.92 Å². The highest BCUT2D eigenvalue weighted by atomic mass is 32.1. The first-order valence-corrected chi connectivity index (χ1v) is 11.0. The molecule has 1 aliphatic rings. The Morgan fingerprint density at radius 2 is 1.86 bits per heavy atom. The van der Waals surface area contributed by atoms with Crippen molar-refractivity contribution in [1.29, 1.82) is 0 Å². The van der Waals surface area contributed by atoms with Gasteiger partial charge in [0, 0.05) is 24.5 Å². The number of hydrogen-bond donors (Lipinski definition) is 0. The molecular formula is C23H26N2O3S. The van der Waals surface area contributed by atoms with Gasteiger partial charge in [0.15, 0.2) is 0 Å². The average molecular weight is 411 g/mol. The summed E-state index contributed by atoms with van der Waals surface area (Å²) in [4.78, 5) is 28.5. The van der Waals surface area contributed by atoms with Gasteiger partial charge in [-0.3, -0.25) is 9.59 Å². The lowest BCUT2D eigenvalue weighted by atomic mass is 9.97. The summed E-state index contributed by atoms with van der Waals surface area (Å²) in [5, 5.41) is 0. The number of carbonyl (C=O) groups excluding carboxylic acids is 2. The molecule has 1 aliphatic heterocycles. The lowest BCUT2D eigenvalue weighted by molar-refractivity contribution is -0.149. The number of hydrogen-bond acceptors (Lipinski definition) is 4. The van der Waals surface area contributed by atoms with Gasteiger partial charge >= 0.3 is 5.97 Å². The maximum Gasteiger partial charge on any atom is 0.309 e. The average Bonchev–Trinajstić information content (AvgIpc) is 3.25. The molecule has 6 heteroatoms. The Labute approximate surface area is 174 Å². The van der Waals surface area contributed by atoms with E-state index in [1.807, 2.05) is 36.1 Å². The molecule has 1 fully saturated rings. The Morgan fingerprint density at radius 3 is 2.55 bits per heavy atom. The smallest absolute Gasteiger partial charge is 0.309 e. The minimum absolute atomic E-state index is 0.0456. The van der Waals surface area contributed by atoms with Crippen LogP contribution in [-0.2, 0) is 16.1 Å². The molecule has 29 heavy (non-hydrogen) atoms.